The summed E-state index contributed by atoms with van der Waals surface area (Å²) < 4.78 is 0. The molecule has 0 bridgehead atoms. The Labute approximate surface area is 126 Å². The van der Waals surface area contributed by atoms with E-state index in [1.807, 2.05) is 52.0 Å². The number of amides is 2. The molecule has 1 aromatic carbocycles. The standard InChI is InChI=1S/C17H24N2O2/c1-13-7-6-8-14(11-13)9-10-16(21)19(5)12-15(20)18-17(2,3)4/h6-11H,12H2,1-5H3,(H,18,20)/b10-9+. The Kier molecular flexibility index (Phi) is 5.70. The normalized spacial score (nSPS) is 11.5. The van der Waals surface area contributed by atoms with Crippen molar-refractivity contribution in [2.24, 2.45) is 0 Å². The molecule has 0 unspecified atom stereocenters. The zero-order valence-electron chi connectivity index (χ0n) is 13.4. The van der Waals surface area contributed by atoms with E-state index < -0.39 is 0 Å². The van der Waals surface area contributed by atoms with Crippen LogP contribution in [0.4, 0.5) is 0 Å². The van der Waals surface area contributed by atoms with Gasteiger partial charge in [-0.3, -0.25) is 9.59 Å². The number of benzene rings is 1. The van der Waals surface area contributed by atoms with Crippen molar-refractivity contribution in [2.75, 3.05) is 13.6 Å². The van der Waals surface area contributed by atoms with Crippen LogP contribution < -0.4 is 5.32 Å². The molecule has 0 radical (unpaired) electrons. The molecule has 0 aliphatic heterocycles. The number of rotatable bonds is 4. The second-order valence-corrected chi connectivity index (χ2v) is 6.24. The first kappa shape index (κ1) is 17.0. The zero-order chi connectivity index (χ0) is 16.0. The van der Waals surface area contributed by atoms with Gasteiger partial charge in [0.1, 0.15) is 0 Å². The fourth-order valence-corrected chi connectivity index (χ4v) is 1.82. The van der Waals surface area contributed by atoms with Gasteiger partial charge in [0.15, 0.2) is 0 Å². The van der Waals surface area contributed by atoms with Crippen LogP contribution in [0, 0.1) is 6.92 Å². The maximum atomic E-state index is 12.0. The third-order valence-corrected chi connectivity index (χ3v) is 2.73. The molecule has 2 amide bonds. The Balaban J connectivity index is 2.57. The van der Waals surface area contributed by atoms with Crippen LogP contribution in [0.2, 0.25) is 0 Å². The van der Waals surface area contributed by atoms with Crippen LogP contribution in [0.1, 0.15) is 31.9 Å². The van der Waals surface area contributed by atoms with Crippen LogP contribution in [0.3, 0.4) is 0 Å². The van der Waals surface area contributed by atoms with E-state index in [9.17, 15) is 9.59 Å². The number of nitrogens with one attached hydrogen (secondary N) is 1. The van der Waals surface area contributed by atoms with Gasteiger partial charge in [0.05, 0.1) is 6.54 Å². The summed E-state index contributed by atoms with van der Waals surface area (Å²) in [5.74, 6) is -0.358. The highest BCUT2D eigenvalue weighted by molar-refractivity contribution is 5.94. The van der Waals surface area contributed by atoms with Crippen molar-refractivity contribution in [1.29, 1.82) is 0 Å². The fourth-order valence-electron chi connectivity index (χ4n) is 1.82. The van der Waals surface area contributed by atoms with E-state index in [1.165, 1.54) is 11.0 Å². The van der Waals surface area contributed by atoms with E-state index in [2.05, 4.69) is 5.32 Å². The molecule has 4 nitrogen and oxygen atoms in total. The van der Waals surface area contributed by atoms with Crippen molar-refractivity contribution in [1.82, 2.24) is 10.2 Å². The Bertz CT molecular complexity index is 542. The first-order valence-corrected chi connectivity index (χ1v) is 6.98. The van der Waals surface area contributed by atoms with E-state index in [0.717, 1.165) is 11.1 Å². The van der Waals surface area contributed by atoms with Crippen LogP contribution in [0.5, 0.6) is 0 Å². The van der Waals surface area contributed by atoms with Crippen molar-refractivity contribution in [3.05, 3.63) is 41.5 Å². The van der Waals surface area contributed by atoms with Crippen molar-refractivity contribution in [2.45, 2.75) is 33.2 Å². The van der Waals surface area contributed by atoms with Gasteiger partial charge in [0.25, 0.3) is 0 Å². The zero-order valence-corrected chi connectivity index (χ0v) is 13.4. The molecule has 4 heteroatoms. The minimum absolute atomic E-state index is 0.0499. The summed E-state index contributed by atoms with van der Waals surface area (Å²) in [7, 11) is 1.62. The minimum Gasteiger partial charge on any atom is -0.350 e. The predicted octanol–water partition coefficient (Wildman–Crippen LogP) is 2.38. The molecular formula is C17H24N2O2. The smallest absolute Gasteiger partial charge is 0.246 e. The predicted molar refractivity (Wildman–Crippen MR) is 85.7 cm³/mol. The molecule has 0 heterocycles. The second kappa shape index (κ2) is 7.07. The Hall–Kier alpha value is -2.10. The lowest BCUT2D eigenvalue weighted by Gasteiger charge is -2.22. The monoisotopic (exact) mass is 288 g/mol. The van der Waals surface area contributed by atoms with E-state index in [1.54, 1.807) is 13.1 Å². The van der Waals surface area contributed by atoms with Gasteiger partial charge < -0.3 is 10.2 Å². The van der Waals surface area contributed by atoms with Crippen molar-refractivity contribution in [3.8, 4) is 0 Å². The minimum atomic E-state index is -0.293. The van der Waals surface area contributed by atoms with E-state index in [-0.39, 0.29) is 23.9 Å². The number of aryl methyl sites for hydroxylation is 1. The molecule has 1 aromatic rings. The lowest BCUT2D eigenvalue weighted by Crippen LogP contribution is -2.46. The summed E-state index contributed by atoms with van der Waals surface area (Å²) >= 11 is 0. The Morgan fingerprint density at radius 2 is 1.95 bits per heavy atom. The van der Waals surface area contributed by atoms with Gasteiger partial charge in [0.2, 0.25) is 11.8 Å². The lowest BCUT2D eigenvalue weighted by molar-refractivity contribution is -0.131. The molecule has 0 atom stereocenters. The molecule has 21 heavy (non-hydrogen) atoms. The van der Waals surface area contributed by atoms with Crippen LogP contribution >= 0.6 is 0 Å². The van der Waals surface area contributed by atoms with Crippen molar-refractivity contribution in [3.63, 3.8) is 0 Å². The lowest BCUT2D eigenvalue weighted by atomic mass is 10.1. The van der Waals surface area contributed by atoms with Gasteiger partial charge in [0, 0.05) is 18.7 Å². The van der Waals surface area contributed by atoms with E-state index in [0.29, 0.717) is 0 Å². The molecule has 0 saturated heterocycles. The quantitative estimate of drug-likeness (QED) is 0.865. The highest BCUT2D eigenvalue weighted by atomic mass is 16.2. The van der Waals surface area contributed by atoms with Gasteiger partial charge in [-0.2, -0.15) is 0 Å². The first-order chi connectivity index (χ1) is 9.67. The first-order valence-electron chi connectivity index (χ1n) is 6.98. The summed E-state index contributed by atoms with van der Waals surface area (Å²) in [6.45, 7) is 7.77. The van der Waals surface area contributed by atoms with Gasteiger partial charge >= 0.3 is 0 Å². The number of carbonyl (C=O) groups excluding carboxylic acids is 2. The maximum Gasteiger partial charge on any atom is 0.246 e. The summed E-state index contributed by atoms with van der Waals surface area (Å²) in [4.78, 5) is 25.1. The molecule has 0 fully saturated rings. The van der Waals surface area contributed by atoms with Gasteiger partial charge in [-0.25, -0.2) is 0 Å². The number of nitrogens with zero attached hydrogens (tertiary/aromatic N) is 1. The van der Waals surface area contributed by atoms with Crippen LogP contribution in [-0.2, 0) is 9.59 Å². The molecule has 0 aromatic heterocycles. The highest BCUT2D eigenvalue weighted by Gasteiger charge is 2.16. The topological polar surface area (TPSA) is 49.4 Å². The summed E-state index contributed by atoms with van der Waals surface area (Å²) in [5, 5.41) is 2.83. The average Bonchev–Trinajstić information content (AvgIpc) is 2.33. The Morgan fingerprint density at radius 1 is 1.29 bits per heavy atom. The van der Waals surface area contributed by atoms with Crippen molar-refractivity contribution >= 4 is 17.9 Å². The number of hydrogen-bond acceptors (Lipinski definition) is 2. The molecule has 0 aliphatic carbocycles. The van der Waals surface area contributed by atoms with E-state index >= 15 is 0 Å². The molecule has 0 aliphatic rings. The SMILES string of the molecule is Cc1cccc(/C=C/C(=O)N(C)CC(=O)NC(C)(C)C)c1. The largest absolute Gasteiger partial charge is 0.350 e. The second-order valence-electron chi connectivity index (χ2n) is 6.24. The number of hydrogen-bond donors (Lipinski definition) is 1. The van der Waals surface area contributed by atoms with E-state index in [4.69, 9.17) is 0 Å². The molecule has 1 rings (SSSR count). The van der Waals surface area contributed by atoms with Gasteiger partial charge in [-0.05, 0) is 39.3 Å². The highest BCUT2D eigenvalue weighted by Crippen LogP contribution is 2.06. The molecule has 1 N–H and O–H groups in total. The third-order valence-electron chi connectivity index (χ3n) is 2.73. The van der Waals surface area contributed by atoms with Crippen LogP contribution in [-0.4, -0.2) is 35.8 Å². The van der Waals surface area contributed by atoms with Crippen LogP contribution in [0.15, 0.2) is 30.3 Å². The summed E-state index contributed by atoms with van der Waals surface area (Å²) in [6.07, 6.45) is 3.24. The van der Waals surface area contributed by atoms with Crippen LogP contribution in [0.25, 0.3) is 6.08 Å². The summed E-state index contributed by atoms with van der Waals surface area (Å²) in [6, 6.07) is 7.88. The Morgan fingerprint density at radius 3 is 2.52 bits per heavy atom. The van der Waals surface area contributed by atoms with Gasteiger partial charge in [-0.1, -0.05) is 29.8 Å². The maximum absolute atomic E-state index is 12.0. The number of likely N-dealkylation sites (N-methyl/N-ethyl adjacent to an activating group) is 1. The molecule has 0 spiro atoms. The summed E-state index contributed by atoms with van der Waals surface area (Å²) in [5.41, 5.74) is 1.82. The fraction of sp³-hybridized carbons (Fsp3) is 0.412. The molecular weight excluding hydrogens is 264 g/mol. The number of carbonyl (C=O) groups is 2. The third kappa shape index (κ3) is 6.75. The molecule has 114 valence electrons. The van der Waals surface area contributed by atoms with Crippen molar-refractivity contribution < 1.29 is 9.59 Å². The van der Waals surface area contributed by atoms with Gasteiger partial charge in [-0.15, -0.1) is 0 Å². The average molecular weight is 288 g/mol. The molecule has 0 saturated carbocycles.